The number of nitrogens with zero attached hydrogens (tertiary/aromatic N) is 1. The Morgan fingerprint density at radius 2 is 2.00 bits per heavy atom. The molecule has 1 aliphatic heterocycles. The van der Waals surface area contributed by atoms with Crippen LogP contribution in [0.15, 0.2) is 30.3 Å². The second-order valence-corrected chi connectivity index (χ2v) is 5.25. The van der Waals surface area contributed by atoms with Crippen LogP contribution >= 0.6 is 0 Å². The van der Waals surface area contributed by atoms with Gasteiger partial charge >= 0.3 is 0 Å². The molecule has 1 heteroatoms. The van der Waals surface area contributed by atoms with E-state index in [0.29, 0.717) is 0 Å². The monoisotopic (exact) mass is 231 g/mol. The summed E-state index contributed by atoms with van der Waals surface area (Å²) in [4.78, 5) is 2.69. The minimum absolute atomic E-state index is 0.849. The molecule has 1 aliphatic rings. The predicted octanol–water partition coefficient (Wildman–Crippen LogP) is 4.23. The molecule has 0 saturated carbocycles. The van der Waals surface area contributed by atoms with Crippen LogP contribution in [0, 0.1) is 0 Å². The van der Waals surface area contributed by atoms with Gasteiger partial charge in [-0.3, -0.25) is 4.90 Å². The zero-order valence-corrected chi connectivity index (χ0v) is 11.1. The van der Waals surface area contributed by atoms with E-state index in [9.17, 15) is 0 Å². The first-order valence-corrected chi connectivity index (χ1v) is 7.18. The number of hydrogen-bond acceptors (Lipinski definition) is 1. The van der Waals surface area contributed by atoms with E-state index in [4.69, 9.17) is 0 Å². The quantitative estimate of drug-likeness (QED) is 0.662. The molecule has 17 heavy (non-hydrogen) atoms. The van der Waals surface area contributed by atoms with Crippen LogP contribution in [0.5, 0.6) is 0 Å². The smallest absolute Gasteiger partial charge is 0.0236 e. The Labute approximate surface area is 106 Å². The molecule has 1 saturated heterocycles. The summed E-state index contributed by atoms with van der Waals surface area (Å²) in [5.74, 6) is 0. The van der Waals surface area contributed by atoms with Gasteiger partial charge in [0.05, 0.1) is 0 Å². The van der Waals surface area contributed by atoms with Crippen LogP contribution < -0.4 is 0 Å². The topological polar surface area (TPSA) is 3.24 Å². The Morgan fingerprint density at radius 1 is 1.18 bits per heavy atom. The van der Waals surface area contributed by atoms with Crippen LogP contribution in [0.25, 0.3) is 0 Å². The zero-order chi connectivity index (χ0) is 11.9. The highest BCUT2D eigenvalue weighted by molar-refractivity contribution is 5.14. The van der Waals surface area contributed by atoms with Gasteiger partial charge in [-0.2, -0.15) is 0 Å². The fourth-order valence-corrected chi connectivity index (χ4v) is 2.88. The molecule has 0 radical (unpaired) electrons. The number of likely N-dealkylation sites (tertiary alicyclic amines) is 1. The first kappa shape index (κ1) is 12.6. The van der Waals surface area contributed by atoms with Gasteiger partial charge in [-0.05, 0) is 31.4 Å². The van der Waals surface area contributed by atoms with Crippen LogP contribution in [0.2, 0.25) is 0 Å². The molecular formula is C16H25N. The molecule has 94 valence electrons. The Balaban J connectivity index is 1.82. The third-order valence-corrected chi connectivity index (χ3v) is 3.87. The molecule has 1 aromatic carbocycles. The van der Waals surface area contributed by atoms with E-state index in [2.05, 4.69) is 42.2 Å². The molecule has 0 amide bonds. The van der Waals surface area contributed by atoms with Crippen molar-refractivity contribution in [2.75, 3.05) is 6.54 Å². The van der Waals surface area contributed by atoms with Crippen molar-refractivity contribution in [1.29, 1.82) is 0 Å². The van der Waals surface area contributed by atoms with E-state index in [1.807, 2.05) is 0 Å². The lowest BCUT2D eigenvalue weighted by Crippen LogP contribution is -2.28. The molecule has 0 aliphatic carbocycles. The number of rotatable bonds is 6. The molecular weight excluding hydrogens is 206 g/mol. The summed E-state index contributed by atoms with van der Waals surface area (Å²) in [5, 5.41) is 0. The lowest BCUT2D eigenvalue weighted by Gasteiger charge is -2.24. The van der Waals surface area contributed by atoms with E-state index in [-0.39, 0.29) is 0 Å². The maximum atomic E-state index is 2.69. The highest BCUT2D eigenvalue weighted by Crippen LogP contribution is 2.24. The molecule has 0 N–H and O–H groups in total. The Morgan fingerprint density at radius 3 is 2.76 bits per heavy atom. The predicted molar refractivity (Wildman–Crippen MR) is 74.0 cm³/mol. The summed E-state index contributed by atoms with van der Waals surface area (Å²) in [7, 11) is 0. The van der Waals surface area contributed by atoms with Gasteiger partial charge in [0.25, 0.3) is 0 Å². The number of hydrogen-bond donors (Lipinski definition) is 0. The van der Waals surface area contributed by atoms with Crippen LogP contribution in [0.4, 0.5) is 0 Å². The van der Waals surface area contributed by atoms with Crippen LogP contribution in [-0.4, -0.2) is 17.5 Å². The Bertz CT molecular complexity index is 307. The molecule has 1 heterocycles. The maximum Gasteiger partial charge on any atom is 0.0236 e. The number of unbranched alkanes of at least 4 members (excludes halogenated alkanes) is 2. The van der Waals surface area contributed by atoms with Crippen molar-refractivity contribution in [2.24, 2.45) is 0 Å². The van der Waals surface area contributed by atoms with Gasteiger partial charge in [-0.15, -0.1) is 0 Å². The van der Waals surface area contributed by atoms with Crippen molar-refractivity contribution in [3.05, 3.63) is 35.9 Å². The molecule has 0 bridgehead atoms. The van der Waals surface area contributed by atoms with Gasteiger partial charge < -0.3 is 0 Å². The molecule has 0 aromatic heterocycles. The Kier molecular flexibility index (Phi) is 5.06. The third-order valence-electron chi connectivity index (χ3n) is 3.87. The summed E-state index contributed by atoms with van der Waals surface area (Å²) >= 11 is 0. The van der Waals surface area contributed by atoms with Crippen molar-refractivity contribution >= 4 is 0 Å². The lowest BCUT2D eigenvalue weighted by molar-refractivity contribution is 0.230. The number of benzene rings is 1. The summed E-state index contributed by atoms with van der Waals surface area (Å²) in [5.41, 5.74) is 1.47. The van der Waals surface area contributed by atoms with Crippen LogP contribution in [0.3, 0.4) is 0 Å². The van der Waals surface area contributed by atoms with Crippen LogP contribution in [-0.2, 0) is 6.54 Å². The van der Waals surface area contributed by atoms with Gasteiger partial charge in [-0.25, -0.2) is 0 Å². The highest BCUT2D eigenvalue weighted by atomic mass is 15.2. The van der Waals surface area contributed by atoms with Crippen molar-refractivity contribution in [1.82, 2.24) is 4.90 Å². The van der Waals surface area contributed by atoms with Crippen LogP contribution in [0.1, 0.15) is 51.0 Å². The van der Waals surface area contributed by atoms with Gasteiger partial charge in [0, 0.05) is 12.6 Å². The highest BCUT2D eigenvalue weighted by Gasteiger charge is 2.23. The van der Waals surface area contributed by atoms with E-state index < -0.39 is 0 Å². The zero-order valence-electron chi connectivity index (χ0n) is 11.1. The first-order valence-electron chi connectivity index (χ1n) is 7.18. The summed E-state index contributed by atoms with van der Waals surface area (Å²) in [6, 6.07) is 11.8. The van der Waals surface area contributed by atoms with E-state index in [0.717, 1.165) is 12.6 Å². The summed E-state index contributed by atoms with van der Waals surface area (Å²) in [6.07, 6.45) is 8.36. The van der Waals surface area contributed by atoms with Crippen molar-refractivity contribution in [3.63, 3.8) is 0 Å². The fourth-order valence-electron chi connectivity index (χ4n) is 2.88. The molecule has 0 spiro atoms. The van der Waals surface area contributed by atoms with Gasteiger partial charge in [0.1, 0.15) is 0 Å². The minimum Gasteiger partial charge on any atom is -0.296 e. The SMILES string of the molecule is CCCCCC1CCCN1Cc1ccccc1. The fraction of sp³-hybridized carbons (Fsp3) is 0.625. The van der Waals surface area contributed by atoms with E-state index in [1.165, 1.54) is 50.6 Å². The molecule has 1 unspecified atom stereocenters. The molecule has 1 fully saturated rings. The molecule has 2 rings (SSSR count). The normalized spacial score (nSPS) is 20.9. The van der Waals surface area contributed by atoms with Crippen molar-refractivity contribution in [3.8, 4) is 0 Å². The lowest BCUT2D eigenvalue weighted by atomic mass is 10.1. The van der Waals surface area contributed by atoms with Gasteiger partial charge in [0.2, 0.25) is 0 Å². The van der Waals surface area contributed by atoms with Gasteiger partial charge in [-0.1, -0.05) is 56.5 Å². The minimum atomic E-state index is 0.849. The largest absolute Gasteiger partial charge is 0.296 e. The van der Waals surface area contributed by atoms with Crippen molar-refractivity contribution < 1.29 is 0 Å². The summed E-state index contributed by atoms with van der Waals surface area (Å²) in [6.45, 7) is 4.74. The molecule has 1 aromatic rings. The summed E-state index contributed by atoms with van der Waals surface area (Å²) < 4.78 is 0. The average molecular weight is 231 g/mol. The first-order chi connectivity index (χ1) is 8.40. The van der Waals surface area contributed by atoms with Crippen molar-refractivity contribution in [2.45, 2.75) is 58.0 Å². The maximum absolute atomic E-state index is 2.69. The second-order valence-electron chi connectivity index (χ2n) is 5.25. The molecule has 1 atom stereocenters. The average Bonchev–Trinajstić information content (AvgIpc) is 2.79. The van der Waals surface area contributed by atoms with E-state index in [1.54, 1.807) is 0 Å². The standard InChI is InChI=1S/C16H25N/c1-2-3-5-11-16-12-8-13-17(16)14-15-9-6-4-7-10-15/h4,6-7,9-10,16H,2-3,5,8,11-14H2,1H3. The Hall–Kier alpha value is -0.820. The third kappa shape index (κ3) is 3.85. The van der Waals surface area contributed by atoms with E-state index >= 15 is 0 Å². The molecule has 1 nitrogen and oxygen atoms in total. The second kappa shape index (κ2) is 6.80. The van der Waals surface area contributed by atoms with Gasteiger partial charge in [0.15, 0.2) is 0 Å².